The fourth-order valence-corrected chi connectivity index (χ4v) is 1.45. The molecule has 2 N–H and O–H groups in total. The van der Waals surface area contributed by atoms with Gasteiger partial charge in [-0.25, -0.2) is 0 Å². The molecule has 1 aromatic heterocycles. The lowest BCUT2D eigenvalue weighted by Gasteiger charge is -2.08. The Kier molecular flexibility index (Phi) is 4.89. The third kappa shape index (κ3) is 3.90. The second kappa shape index (κ2) is 5.96. The van der Waals surface area contributed by atoms with Gasteiger partial charge in [-0.3, -0.25) is 0 Å². The minimum Gasteiger partial charge on any atom is -0.381 e. The van der Waals surface area contributed by atoms with Gasteiger partial charge >= 0.3 is 0 Å². The minimum absolute atomic E-state index is 0.0896. The third-order valence-electron chi connectivity index (χ3n) is 2.40. The zero-order valence-electron chi connectivity index (χ0n) is 10.4. The van der Waals surface area contributed by atoms with Gasteiger partial charge in [0.15, 0.2) is 5.82 Å². The van der Waals surface area contributed by atoms with Crippen molar-refractivity contribution < 1.29 is 9.26 Å². The lowest BCUT2D eigenvalue weighted by atomic mass is 10.0. The Labute approximate surface area is 96.4 Å². The van der Waals surface area contributed by atoms with Gasteiger partial charge in [-0.05, 0) is 19.3 Å². The van der Waals surface area contributed by atoms with Crippen LogP contribution in [0.2, 0.25) is 0 Å². The van der Waals surface area contributed by atoms with Crippen LogP contribution in [0.15, 0.2) is 4.52 Å². The summed E-state index contributed by atoms with van der Waals surface area (Å²) in [6, 6.07) is -0.167. The summed E-state index contributed by atoms with van der Waals surface area (Å²) in [5.41, 5.74) is 5.95. The van der Waals surface area contributed by atoms with Gasteiger partial charge < -0.3 is 15.0 Å². The number of nitrogens with zero attached hydrogens (tertiary/aromatic N) is 2. The van der Waals surface area contributed by atoms with Crippen molar-refractivity contribution in [2.24, 2.45) is 11.7 Å². The van der Waals surface area contributed by atoms with Gasteiger partial charge in [-0.1, -0.05) is 19.0 Å². The molecular weight excluding hydrogens is 206 g/mol. The van der Waals surface area contributed by atoms with E-state index in [-0.39, 0.29) is 12.1 Å². The van der Waals surface area contributed by atoms with Gasteiger partial charge in [0.25, 0.3) is 0 Å². The molecule has 0 saturated carbocycles. The van der Waals surface area contributed by atoms with Crippen molar-refractivity contribution in [3.63, 3.8) is 0 Å². The molecule has 1 rings (SSSR count). The van der Waals surface area contributed by atoms with Crippen molar-refractivity contribution in [2.75, 3.05) is 7.11 Å². The highest BCUT2D eigenvalue weighted by Crippen LogP contribution is 2.17. The highest BCUT2D eigenvalue weighted by Gasteiger charge is 2.16. The molecule has 0 aliphatic heterocycles. The zero-order chi connectivity index (χ0) is 12.1. The van der Waals surface area contributed by atoms with Crippen LogP contribution in [0, 0.1) is 5.92 Å². The van der Waals surface area contributed by atoms with Gasteiger partial charge in [-0.15, -0.1) is 0 Å². The van der Waals surface area contributed by atoms with E-state index in [1.54, 1.807) is 7.11 Å². The van der Waals surface area contributed by atoms with Crippen molar-refractivity contribution in [3.05, 3.63) is 11.7 Å². The van der Waals surface area contributed by atoms with E-state index in [4.69, 9.17) is 15.0 Å². The summed E-state index contributed by atoms with van der Waals surface area (Å²) in [5, 5.41) is 3.89. The molecule has 0 aliphatic rings. The van der Waals surface area contributed by atoms with Gasteiger partial charge in [0, 0.05) is 13.5 Å². The first-order valence-electron chi connectivity index (χ1n) is 5.63. The lowest BCUT2D eigenvalue weighted by Crippen LogP contribution is -2.14. The number of nitrogens with two attached hydrogens (primary N) is 1. The van der Waals surface area contributed by atoms with Crippen LogP contribution >= 0.6 is 0 Å². The Balaban J connectivity index is 2.56. The van der Waals surface area contributed by atoms with Crippen LogP contribution in [0.4, 0.5) is 0 Å². The maximum Gasteiger partial charge on any atom is 0.243 e. The number of hydrogen-bond donors (Lipinski definition) is 1. The molecule has 0 aliphatic carbocycles. The molecule has 0 saturated heterocycles. The van der Waals surface area contributed by atoms with Crippen LogP contribution in [-0.2, 0) is 11.2 Å². The molecule has 0 spiro atoms. The molecule has 92 valence electrons. The highest BCUT2D eigenvalue weighted by molar-refractivity contribution is 4.93. The number of rotatable bonds is 6. The van der Waals surface area contributed by atoms with E-state index in [2.05, 4.69) is 24.0 Å². The Morgan fingerprint density at radius 1 is 1.38 bits per heavy atom. The van der Waals surface area contributed by atoms with Crippen molar-refractivity contribution in [3.8, 4) is 0 Å². The van der Waals surface area contributed by atoms with Crippen molar-refractivity contribution in [1.29, 1.82) is 0 Å². The van der Waals surface area contributed by atoms with Gasteiger partial charge in [0.1, 0.15) is 0 Å². The Morgan fingerprint density at radius 3 is 2.62 bits per heavy atom. The molecule has 0 amide bonds. The molecule has 0 fully saturated rings. The Hall–Kier alpha value is -0.940. The topological polar surface area (TPSA) is 74.2 Å². The lowest BCUT2D eigenvalue weighted by molar-refractivity contribution is 0.116. The van der Waals surface area contributed by atoms with E-state index < -0.39 is 0 Å². The summed E-state index contributed by atoms with van der Waals surface area (Å²) in [4.78, 5) is 4.27. The van der Waals surface area contributed by atoms with Crippen LogP contribution in [0.25, 0.3) is 0 Å². The predicted octanol–water partition coefficient (Wildman–Crippen LogP) is 1.69. The minimum atomic E-state index is -0.167. The summed E-state index contributed by atoms with van der Waals surface area (Å²) in [6.07, 6.45) is 1.59. The maximum absolute atomic E-state index is 5.95. The molecule has 5 heteroatoms. The standard InChI is InChI=1S/C11H21N3O2/c1-7(2)5-9(12)11-13-10(14-16-11)6-8(3)15-4/h7-9H,5-6,12H2,1-4H3/t8?,9-/m0/s1. The third-order valence-corrected chi connectivity index (χ3v) is 2.40. The fraction of sp³-hybridized carbons (Fsp3) is 0.818. The van der Waals surface area contributed by atoms with Crippen molar-refractivity contribution in [1.82, 2.24) is 10.1 Å². The number of methoxy groups -OCH3 is 1. The average Bonchev–Trinajstić information content (AvgIpc) is 2.65. The zero-order valence-corrected chi connectivity index (χ0v) is 10.4. The molecule has 5 nitrogen and oxygen atoms in total. The van der Waals surface area contributed by atoms with E-state index >= 15 is 0 Å². The van der Waals surface area contributed by atoms with E-state index in [0.29, 0.717) is 24.1 Å². The first kappa shape index (κ1) is 13.1. The number of ether oxygens (including phenoxy) is 1. The van der Waals surface area contributed by atoms with Gasteiger partial charge in [-0.2, -0.15) is 4.98 Å². The van der Waals surface area contributed by atoms with Gasteiger partial charge in [0.05, 0.1) is 12.1 Å². The molecule has 16 heavy (non-hydrogen) atoms. The molecular formula is C11H21N3O2. The SMILES string of the molecule is COC(C)Cc1noc([C@@H](N)CC(C)C)n1. The summed E-state index contributed by atoms with van der Waals surface area (Å²) in [5.74, 6) is 1.69. The summed E-state index contributed by atoms with van der Waals surface area (Å²) >= 11 is 0. The largest absolute Gasteiger partial charge is 0.381 e. The monoisotopic (exact) mass is 227 g/mol. The molecule has 0 bridgehead atoms. The summed E-state index contributed by atoms with van der Waals surface area (Å²) in [7, 11) is 1.66. The van der Waals surface area contributed by atoms with Crippen LogP contribution < -0.4 is 5.73 Å². The number of aromatic nitrogens is 2. The molecule has 1 heterocycles. The highest BCUT2D eigenvalue weighted by atomic mass is 16.5. The normalized spacial score (nSPS) is 15.4. The van der Waals surface area contributed by atoms with Crippen molar-refractivity contribution in [2.45, 2.75) is 45.8 Å². The fourth-order valence-electron chi connectivity index (χ4n) is 1.45. The van der Waals surface area contributed by atoms with E-state index in [1.165, 1.54) is 0 Å². The molecule has 0 aromatic carbocycles. The quantitative estimate of drug-likeness (QED) is 0.800. The number of hydrogen-bond acceptors (Lipinski definition) is 5. The van der Waals surface area contributed by atoms with E-state index in [0.717, 1.165) is 6.42 Å². The summed E-state index contributed by atoms with van der Waals surface area (Å²) in [6.45, 7) is 6.19. The average molecular weight is 227 g/mol. The first-order chi connectivity index (χ1) is 7.52. The van der Waals surface area contributed by atoms with E-state index in [9.17, 15) is 0 Å². The Morgan fingerprint density at radius 2 is 2.06 bits per heavy atom. The van der Waals surface area contributed by atoms with Crippen LogP contribution in [0.1, 0.15) is 44.9 Å². The van der Waals surface area contributed by atoms with Crippen LogP contribution in [0.3, 0.4) is 0 Å². The summed E-state index contributed by atoms with van der Waals surface area (Å²) < 4.78 is 10.3. The van der Waals surface area contributed by atoms with E-state index in [1.807, 2.05) is 6.92 Å². The van der Waals surface area contributed by atoms with Crippen molar-refractivity contribution >= 4 is 0 Å². The molecule has 0 radical (unpaired) electrons. The first-order valence-corrected chi connectivity index (χ1v) is 5.63. The predicted molar refractivity (Wildman–Crippen MR) is 60.9 cm³/mol. The van der Waals surface area contributed by atoms with Gasteiger partial charge in [0.2, 0.25) is 5.89 Å². The molecule has 2 atom stereocenters. The molecule has 1 aromatic rings. The second-order valence-electron chi connectivity index (χ2n) is 4.54. The second-order valence-corrected chi connectivity index (χ2v) is 4.54. The van der Waals surface area contributed by atoms with Crippen LogP contribution in [0.5, 0.6) is 0 Å². The Bertz CT molecular complexity index is 312. The van der Waals surface area contributed by atoms with Crippen LogP contribution in [-0.4, -0.2) is 23.4 Å². The maximum atomic E-state index is 5.95. The smallest absolute Gasteiger partial charge is 0.243 e. The molecule has 1 unspecified atom stereocenters.